The molecule has 1 heterocycles. The van der Waals surface area contributed by atoms with Crippen molar-refractivity contribution in [2.45, 2.75) is 31.7 Å². The molecule has 0 unspecified atom stereocenters. The number of benzene rings is 1. The number of carbonyl (C=O) groups excluding carboxylic acids is 1. The van der Waals surface area contributed by atoms with Crippen LogP contribution < -0.4 is 10.1 Å². The van der Waals surface area contributed by atoms with E-state index in [1.165, 1.54) is 0 Å². The van der Waals surface area contributed by atoms with Crippen molar-refractivity contribution in [2.24, 2.45) is 11.8 Å². The molecule has 0 saturated heterocycles. The Morgan fingerprint density at radius 1 is 1.14 bits per heavy atom. The summed E-state index contributed by atoms with van der Waals surface area (Å²) in [5, 5.41) is 12.2. The van der Waals surface area contributed by atoms with Gasteiger partial charge in [0, 0.05) is 5.56 Å². The summed E-state index contributed by atoms with van der Waals surface area (Å²) in [4.78, 5) is 23.7. The van der Waals surface area contributed by atoms with Crippen molar-refractivity contribution >= 4 is 11.9 Å². The standard InChI is InChI=1S/C16H19NO4/c18-15(10-5-1-2-6-11(10)16(19)20)17-13-9-21-14-8-4-3-7-12(13)14/h3-4,7-8,10-11,13H,1-2,5-6,9H2,(H,17,18)(H,19,20)/t10-,11+,13+/m0/s1. The van der Waals surface area contributed by atoms with Crippen molar-refractivity contribution < 1.29 is 19.4 Å². The third kappa shape index (κ3) is 2.73. The maximum atomic E-state index is 12.4. The number of nitrogens with one attached hydrogen (secondary N) is 1. The van der Waals surface area contributed by atoms with Gasteiger partial charge in [0.25, 0.3) is 0 Å². The van der Waals surface area contributed by atoms with Gasteiger partial charge in [-0.3, -0.25) is 9.59 Å². The second-order valence-electron chi connectivity index (χ2n) is 5.75. The molecule has 3 rings (SSSR count). The van der Waals surface area contributed by atoms with E-state index in [1.807, 2.05) is 24.3 Å². The van der Waals surface area contributed by atoms with E-state index >= 15 is 0 Å². The van der Waals surface area contributed by atoms with Gasteiger partial charge in [-0.25, -0.2) is 0 Å². The minimum Gasteiger partial charge on any atom is -0.491 e. The van der Waals surface area contributed by atoms with Crippen LogP contribution in [0.4, 0.5) is 0 Å². The second-order valence-corrected chi connectivity index (χ2v) is 5.75. The van der Waals surface area contributed by atoms with E-state index < -0.39 is 17.8 Å². The van der Waals surface area contributed by atoms with Crippen LogP contribution in [-0.4, -0.2) is 23.6 Å². The lowest BCUT2D eigenvalue weighted by Crippen LogP contribution is -2.41. The van der Waals surface area contributed by atoms with Crippen LogP contribution in [0.5, 0.6) is 5.75 Å². The second kappa shape index (κ2) is 5.76. The van der Waals surface area contributed by atoms with Crippen LogP contribution in [0.3, 0.4) is 0 Å². The van der Waals surface area contributed by atoms with E-state index in [0.717, 1.165) is 24.2 Å². The van der Waals surface area contributed by atoms with Gasteiger partial charge in [-0.15, -0.1) is 0 Å². The smallest absolute Gasteiger partial charge is 0.307 e. The summed E-state index contributed by atoms with van der Waals surface area (Å²) < 4.78 is 5.54. The molecule has 5 heteroatoms. The first-order valence-corrected chi connectivity index (χ1v) is 7.41. The number of carboxylic acids is 1. The molecule has 1 amide bonds. The van der Waals surface area contributed by atoms with E-state index in [1.54, 1.807) is 0 Å². The molecule has 112 valence electrons. The Kier molecular flexibility index (Phi) is 3.82. The van der Waals surface area contributed by atoms with Gasteiger partial charge in [-0.2, -0.15) is 0 Å². The van der Waals surface area contributed by atoms with Crippen molar-refractivity contribution in [3.63, 3.8) is 0 Å². The number of hydrogen-bond donors (Lipinski definition) is 2. The first kappa shape index (κ1) is 13.9. The minimum atomic E-state index is -0.863. The molecule has 1 saturated carbocycles. The number of carboxylic acid groups (broad SMARTS) is 1. The number of aliphatic carboxylic acids is 1. The largest absolute Gasteiger partial charge is 0.491 e. The van der Waals surface area contributed by atoms with Crippen molar-refractivity contribution in [2.75, 3.05) is 6.61 Å². The number of fused-ring (bicyclic) bond motifs is 1. The number of carbonyl (C=O) groups is 2. The lowest BCUT2D eigenvalue weighted by atomic mass is 9.78. The van der Waals surface area contributed by atoms with Crippen molar-refractivity contribution in [3.8, 4) is 5.75 Å². The van der Waals surface area contributed by atoms with Gasteiger partial charge >= 0.3 is 5.97 Å². The van der Waals surface area contributed by atoms with E-state index in [9.17, 15) is 14.7 Å². The first-order valence-electron chi connectivity index (χ1n) is 7.41. The zero-order valence-electron chi connectivity index (χ0n) is 11.7. The zero-order chi connectivity index (χ0) is 14.8. The summed E-state index contributed by atoms with van der Waals surface area (Å²) in [6.07, 6.45) is 3.04. The van der Waals surface area contributed by atoms with Crippen LogP contribution in [0.15, 0.2) is 24.3 Å². The maximum Gasteiger partial charge on any atom is 0.307 e. The topological polar surface area (TPSA) is 75.6 Å². The predicted molar refractivity (Wildman–Crippen MR) is 75.9 cm³/mol. The molecule has 1 fully saturated rings. The van der Waals surface area contributed by atoms with Crippen LogP contribution in [0.1, 0.15) is 37.3 Å². The molecule has 1 aromatic rings. The summed E-state index contributed by atoms with van der Waals surface area (Å²) in [7, 11) is 0. The SMILES string of the molecule is O=C(N[C@@H]1COc2ccccc21)[C@H]1CCCC[C@H]1C(=O)O. The number of para-hydroxylation sites is 1. The highest BCUT2D eigenvalue weighted by Gasteiger charge is 2.37. The third-order valence-corrected chi connectivity index (χ3v) is 4.44. The van der Waals surface area contributed by atoms with Crippen molar-refractivity contribution in [1.82, 2.24) is 5.32 Å². The Labute approximate surface area is 123 Å². The Bertz CT molecular complexity index is 557. The average Bonchev–Trinajstić information content (AvgIpc) is 2.90. The Morgan fingerprint density at radius 3 is 2.62 bits per heavy atom. The molecule has 1 aliphatic heterocycles. The minimum absolute atomic E-state index is 0.160. The Hall–Kier alpha value is -2.04. The highest BCUT2D eigenvalue weighted by molar-refractivity contribution is 5.85. The number of amides is 1. The summed E-state index contributed by atoms with van der Waals surface area (Å²) in [6.45, 7) is 0.412. The van der Waals surface area contributed by atoms with Crippen LogP contribution in [0.25, 0.3) is 0 Å². The quantitative estimate of drug-likeness (QED) is 0.893. The maximum absolute atomic E-state index is 12.4. The predicted octanol–water partition coefficient (Wildman–Crippen LogP) is 2.13. The summed E-state index contributed by atoms with van der Waals surface area (Å²) >= 11 is 0. The van der Waals surface area contributed by atoms with E-state index in [0.29, 0.717) is 19.4 Å². The molecule has 0 bridgehead atoms. The molecule has 0 radical (unpaired) electrons. The third-order valence-electron chi connectivity index (χ3n) is 4.44. The van der Waals surface area contributed by atoms with E-state index in [2.05, 4.69) is 5.32 Å². The molecule has 2 aliphatic rings. The highest BCUT2D eigenvalue weighted by atomic mass is 16.5. The van der Waals surface area contributed by atoms with E-state index in [-0.39, 0.29) is 11.9 Å². The lowest BCUT2D eigenvalue weighted by molar-refractivity contribution is -0.149. The molecule has 5 nitrogen and oxygen atoms in total. The van der Waals surface area contributed by atoms with Crippen LogP contribution in [0.2, 0.25) is 0 Å². The fourth-order valence-corrected chi connectivity index (χ4v) is 3.30. The number of ether oxygens (including phenoxy) is 1. The van der Waals surface area contributed by atoms with Crippen LogP contribution in [-0.2, 0) is 9.59 Å². The molecule has 1 aliphatic carbocycles. The fourth-order valence-electron chi connectivity index (χ4n) is 3.30. The number of hydrogen-bond acceptors (Lipinski definition) is 3. The molecule has 1 aromatic carbocycles. The van der Waals surface area contributed by atoms with Gasteiger partial charge in [0.05, 0.1) is 17.9 Å². The van der Waals surface area contributed by atoms with Gasteiger partial charge in [0.15, 0.2) is 0 Å². The molecular formula is C16H19NO4. The van der Waals surface area contributed by atoms with Crippen molar-refractivity contribution in [1.29, 1.82) is 0 Å². The molecule has 21 heavy (non-hydrogen) atoms. The van der Waals surface area contributed by atoms with Gasteiger partial charge in [-0.05, 0) is 18.9 Å². The monoisotopic (exact) mass is 289 g/mol. The van der Waals surface area contributed by atoms with Gasteiger partial charge in [-0.1, -0.05) is 31.0 Å². The van der Waals surface area contributed by atoms with Gasteiger partial charge in [0.1, 0.15) is 12.4 Å². The first-order chi connectivity index (χ1) is 10.2. The summed E-state index contributed by atoms with van der Waals surface area (Å²) in [5.74, 6) is -1.22. The normalized spacial score (nSPS) is 27.5. The fraction of sp³-hybridized carbons (Fsp3) is 0.500. The molecule has 3 atom stereocenters. The average molecular weight is 289 g/mol. The molecule has 0 spiro atoms. The summed E-state index contributed by atoms with van der Waals surface area (Å²) in [5.41, 5.74) is 0.966. The van der Waals surface area contributed by atoms with Gasteiger partial charge < -0.3 is 15.2 Å². The highest BCUT2D eigenvalue weighted by Crippen LogP contribution is 2.34. The van der Waals surface area contributed by atoms with Crippen LogP contribution in [0, 0.1) is 11.8 Å². The van der Waals surface area contributed by atoms with E-state index in [4.69, 9.17) is 4.74 Å². The Balaban J connectivity index is 1.70. The zero-order valence-corrected chi connectivity index (χ0v) is 11.7. The number of rotatable bonds is 3. The molecule has 2 N–H and O–H groups in total. The van der Waals surface area contributed by atoms with Crippen molar-refractivity contribution in [3.05, 3.63) is 29.8 Å². The van der Waals surface area contributed by atoms with Gasteiger partial charge in [0.2, 0.25) is 5.91 Å². The molecule has 0 aromatic heterocycles. The Morgan fingerprint density at radius 2 is 1.86 bits per heavy atom. The molecular weight excluding hydrogens is 270 g/mol. The van der Waals surface area contributed by atoms with Crippen LogP contribution >= 0.6 is 0 Å². The lowest BCUT2D eigenvalue weighted by Gasteiger charge is -2.28. The summed E-state index contributed by atoms with van der Waals surface area (Å²) in [6, 6.07) is 7.44.